The highest BCUT2D eigenvalue weighted by atomic mass is 32.2. The summed E-state index contributed by atoms with van der Waals surface area (Å²) in [6, 6.07) is 1.60. The van der Waals surface area contributed by atoms with Crippen LogP contribution in [0.3, 0.4) is 0 Å². The van der Waals surface area contributed by atoms with Gasteiger partial charge in [-0.15, -0.1) is 16.4 Å². The Bertz CT molecular complexity index is 736. The van der Waals surface area contributed by atoms with Gasteiger partial charge < -0.3 is 11.1 Å². The third kappa shape index (κ3) is 3.78. The molecule has 2 aromatic rings. The Labute approximate surface area is 147 Å². The van der Waals surface area contributed by atoms with Gasteiger partial charge in [0, 0.05) is 5.92 Å². The quantitative estimate of drug-likeness (QED) is 0.681. The maximum absolute atomic E-state index is 12.3. The zero-order chi connectivity index (χ0) is 17.1. The average Bonchev–Trinajstić information content (AvgIpc) is 3.28. The van der Waals surface area contributed by atoms with Gasteiger partial charge in [0.05, 0.1) is 10.8 Å². The molecule has 24 heavy (non-hydrogen) atoms. The minimum absolute atomic E-state index is 0.211. The summed E-state index contributed by atoms with van der Waals surface area (Å²) in [5.74, 6) is 0.608. The first kappa shape index (κ1) is 17.0. The van der Waals surface area contributed by atoms with Crippen LogP contribution >= 0.6 is 23.1 Å². The van der Waals surface area contributed by atoms with E-state index >= 15 is 0 Å². The molecule has 1 aliphatic rings. The number of amides is 2. The highest BCUT2D eigenvalue weighted by Gasteiger charge is 2.23. The predicted octanol–water partition coefficient (Wildman–Crippen LogP) is 2.74. The van der Waals surface area contributed by atoms with E-state index < -0.39 is 5.91 Å². The van der Waals surface area contributed by atoms with E-state index in [-0.39, 0.29) is 11.2 Å². The lowest BCUT2D eigenvalue weighted by Gasteiger charge is -2.09. The van der Waals surface area contributed by atoms with E-state index in [1.807, 2.05) is 0 Å². The average molecular weight is 365 g/mol. The van der Waals surface area contributed by atoms with Crippen molar-refractivity contribution in [3.05, 3.63) is 22.8 Å². The van der Waals surface area contributed by atoms with Crippen molar-refractivity contribution in [1.82, 2.24) is 15.2 Å². The number of nitrogens with two attached hydrogens (primary N) is 1. The van der Waals surface area contributed by atoms with Crippen LogP contribution in [0, 0.1) is 0 Å². The molecule has 1 aliphatic carbocycles. The van der Waals surface area contributed by atoms with Gasteiger partial charge >= 0.3 is 0 Å². The summed E-state index contributed by atoms with van der Waals surface area (Å²) in [5, 5.41) is 12.3. The standard InChI is InChI=1S/C15H19N5O2S2/c1-8(13(22)18-14-10(11(16)21)6-7-23-14)24-15-17-12(19-20-15)9-4-2-3-5-9/h6-9H,2-5H2,1H3,(H2,16,21)(H,18,22)(H,17,19,20). The minimum atomic E-state index is -0.554. The molecule has 3 rings (SSSR count). The molecular formula is C15H19N5O2S2. The number of thiophene rings is 1. The van der Waals surface area contributed by atoms with Crippen LogP contribution in [0.25, 0.3) is 0 Å². The van der Waals surface area contributed by atoms with Crippen molar-refractivity contribution in [3.63, 3.8) is 0 Å². The summed E-state index contributed by atoms with van der Waals surface area (Å²) < 4.78 is 0. The molecule has 0 aliphatic heterocycles. The molecule has 128 valence electrons. The van der Waals surface area contributed by atoms with Crippen molar-refractivity contribution >= 4 is 39.9 Å². The molecule has 1 fully saturated rings. The number of anilines is 1. The molecule has 1 saturated carbocycles. The Morgan fingerprint density at radius 2 is 2.21 bits per heavy atom. The number of aromatic nitrogens is 3. The van der Waals surface area contributed by atoms with Crippen LogP contribution in [0.2, 0.25) is 0 Å². The number of nitrogens with zero attached hydrogens (tertiary/aromatic N) is 2. The lowest BCUT2D eigenvalue weighted by atomic mass is 10.1. The largest absolute Gasteiger partial charge is 0.366 e. The molecule has 9 heteroatoms. The van der Waals surface area contributed by atoms with Crippen LogP contribution in [0.5, 0.6) is 0 Å². The highest BCUT2D eigenvalue weighted by Crippen LogP contribution is 2.33. The van der Waals surface area contributed by atoms with Gasteiger partial charge in [0.25, 0.3) is 5.91 Å². The number of aromatic amines is 1. The molecule has 2 amide bonds. The number of hydrogen-bond donors (Lipinski definition) is 3. The van der Waals surface area contributed by atoms with Crippen LogP contribution in [-0.4, -0.2) is 32.2 Å². The Balaban J connectivity index is 1.60. The molecule has 7 nitrogen and oxygen atoms in total. The van der Waals surface area contributed by atoms with E-state index in [1.165, 1.54) is 35.9 Å². The van der Waals surface area contributed by atoms with Gasteiger partial charge in [-0.25, -0.2) is 4.98 Å². The van der Waals surface area contributed by atoms with Crippen molar-refractivity contribution in [2.75, 3.05) is 5.32 Å². The van der Waals surface area contributed by atoms with Gasteiger partial charge in [-0.05, 0) is 31.2 Å². The number of nitrogens with one attached hydrogen (secondary N) is 2. The Morgan fingerprint density at radius 1 is 1.46 bits per heavy atom. The van der Waals surface area contributed by atoms with E-state index in [0.29, 0.717) is 21.6 Å². The number of rotatable bonds is 6. The molecule has 2 heterocycles. The summed E-state index contributed by atoms with van der Waals surface area (Å²) >= 11 is 2.56. The second-order valence-corrected chi connectivity index (χ2v) is 7.99. The lowest BCUT2D eigenvalue weighted by Crippen LogP contribution is -2.23. The van der Waals surface area contributed by atoms with E-state index in [9.17, 15) is 9.59 Å². The molecule has 0 aromatic carbocycles. The molecule has 4 N–H and O–H groups in total. The maximum atomic E-state index is 12.3. The third-order valence-electron chi connectivity index (χ3n) is 4.04. The van der Waals surface area contributed by atoms with E-state index in [1.54, 1.807) is 18.4 Å². The summed E-state index contributed by atoms with van der Waals surface area (Å²) in [4.78, 5) is 28.1. The lowest BCUT2D eigenvalue weighted by molar-refractivity contribution is -0.115. The molecule has 0 spiro atoms. The second kappa shape index (κ2) is 7.35. The smallest absolute Gasteiger partial charge is 0.251 e. The van der Waals surface area contributed by atoms with E-state index in [0.717, 1.165) is 18.7 Å². The summed E-state index contributed by atoms with van der Waals surface area (Å²) in [6.07, 6.45) is 4.75. The summed E-state index contributed by atoms with van der Waals surface area (Å²) in [5.41, 5.74) is 5.61. The molecule has 0 saturated heterocycles. The topological polar surface area (TPSA) is 114 Å². The molecule has 2 aromatic heterocycles. The zero-order valence-electron chi connectivity index (χ0n) is 13.2. The number of carbonyl (C=O) groups is 2. The minimum Gasteiger partial charge on any atom is -0.366 e. The SMILES string of the molecule is CC(Sc1n[nH]c(C2CCCC2)n1)C(=O)Nc1sccc1C(N)=O. The van der Waals surface area contributed by atoms with Crippen LogP contribution in [-0.2, 0) is 4.79 Å². The Morgan fingerprint density at radius 3 is 2.92 bits per heavy atom. The van der Waals surface area contributed by atoms with E-state index in [4.69, 9.17) is 5.73 Å². The van der Waals surface area contributed by atoms with Crippen LogP contribution in [0.1, 0.15) is 54.7 Å². The monoisotopic (exact) mass is 365 g/mol. The van der Waals surface area contributed by atoms with Crippen LogP contribution < -0.4 is 11.1 Å². The molecular weight excluding hydrogens is 346 g/mol. The van der Waals surface area contributed by atoms with Crippen molar-refractivity contribution in [2.45, 2.75) is 48.9 Å². The fourth-order valence-corrected chi connectivity index (χ4v) is 4.24. The summed E-state index contributed by atoms with van der Waals surface area (Å²) in [7, 11) is 0. The molecule has 1 unspecified atom stereocenters. The van der Waals surface area contributed by atoms with Gasteiger partial charge in [0.2, 0.25) is 11.1 Å². The van der Waals surface area contributed by atoms with Gasteiger partial charge in [-0.3, -0.25) is 14.7 Å². The van der Waals surface area contributed by atoms with Crippen molar-refractivity contribution < 1.29 is 9.59 Å². The zero-order valence-corrected chi connectivity index (χ0v) is 14.9. The van der Waals surface area contributed by atoms with Crippen LogP contribution in [0.4, 0.5) is 5.00 Å². The van der Waals surface area contributed by atoms with Crippen molar-refractivity contribution in [3.8, 4) is 0 Å². The fourth-order valence-electron chi connectivity index (χ4n) is 2.72. The molecule has 0 radical (unpaired) electrons. The predicted molar refractivity (Wildman–Crippen MR) is 94.4 cm³/mol. The molecule has 1 atom stereocenters. The van der Waals surface area contributed by atoms with Gasteiger partial charge in [0.1, 0.15) is 10.8 Å². The van der Waals surface area contributed by atoms with Crippen molar-refractivity contribution in [1.29, 1.82) is 0 Å². The van der Waals surface area contributed by atoms with Crippen LogP contribution in [0.15, 0.2) is 16.6 Å². The Kier molecular flexibility index (Phi) is 5.20. The number of carbonyl (C=O) groups excluding carboxylic acids is 2. The fraction of sp³-hybridized carbons (Fsp3) is 0.467. The maximum Gasteiger partial charge on any atom is 0.251 e. The highest BCUT2D eigenvalue weighted by molar-refractivity contribution is 8.00. The Hall–Kier alpha value is -1.87. The molecule has 0 bridgehead atoms. The number of H-pyrrole nitrogens is 1. The third-order valence-corrected chi connectivity index (χ3v) is 5.83. The first-order valence-corrected chi connectivity index (χ1v) is 9.57. The van der Waals surface area contributed by atoms with Gasteiger partial charge in [-0.1, -0.05) is 24.6 Å². The number of hydrogen-bond acceptors (Lipinski definition) is 6. The van der Waals surface area contributed by atoms with E-state index in [2.05, 4.69) is 20.5 Å². The normalized spacial score (nSPS) is 16.2. The van der Waals surface area contributed by atoms with Crippen molar-refractivity contribution in [2.24, 2.45) is 5.73 Å². The summed E-state index contributed by atoms with van der Waals surface area (Å²) in [6.45, 7) is 1.78. The van der Waals surface area contributed by atoms with Gasteiger partial charge in [0.15, 0.2) is 0 Å². The first-order valence-electron chi connectivity index (χ1n) is 7.81. The van der Waals surface area contributed by atoms with Gasteiger partial charge in [-0.2, -0.15) is 0 Å². The first-order chi connectivity index (χ1) is 11.5. The number of thioether (sulfide) groups is 1. The number of primary amides is 1. The second-order valence-electron chi connectivity index (χ2n) is 5.76.